The predicted octanol–water partition coefficient (Wildman–Crippen LogP) is 2.53. The van der Waals surface area contributed by atoms with Crippen LogP contribution < -0.4 is 14.9 Å². The number of esters is 1. The molecule has 0 unspecified atom stereocenters. The second-order valence-corrected chi connectivity index (χ2v) is 8.57. The van der Waals surface area contributed by atoms with Crippen molar-refractivity contribution >= 4 is 46.1 Å². The van der Waals surface area contributed by atoms with Crippen molar-refractivity contribution in [3.63, 3.8) is 0 Å². The Morgan fingerprint density at radius 2 is 2.04 bits per heavy atom. The number of hydrogen-bond donors (Lipinski definition) is 0. The number of ether oxygens (including phenoxy) is 1. The lowest BCUT2D eigenvalue weighted by Crippen LogP contribution is -2.39. The van der Waals surface area contributed by atoms with Gasteiger partial charge >= 0.3 is 5.97 Å². The molecule has 3 aromatic heterocycles. The van der Waals surface area contributed by atoms with Crippen LogP contribution in [0.5, 0.6) is 0 Å². The van der Waals surface area contributed by atoms with Gasteiger partial charge in [-0.05, 0) is 35.9 Å². The summed E-state index contributed by atoms with van der Waals surface area (Å²) in [6.45, 7) is 1.78. The fraction of sp³-hybridized carbons (Fsp3) is 0.167. The number of hydrogen-bond acceptors (Lipinski definition) is 7. The van der Waals surface area contributed by atoms with Gasteiger partial charge in [0, 0.05) is 9.75 Å². The Morgan fingerprint density at radius 1 is 1.27 bits per heavy atom. The van der Waals surface area contributed by atoms with Crippen LogP contribution >= 0.6 is 34.0 Å². The van der Waals surface area contributed by atoms with Crippen molar-refractivity contribution in [3.05, 3.63) is 75.7 Å². The summed E-state index contributed by atoms with van der Waals surface area (Å²) in [6.07, 6.45) is 1.87. The lowest BCUT2D eigenvalue weighted by molar-refractivity contribution is -0.136. The van der Waals surface area contributed by atoms with Gasteiger partial charge in [0.1, 0.15) is 6.04 Å². The van der Waals surface area contributed by atoms with E-state index in [4.69, 9.17) is 4.74 Å². The second kappa shape index (κ2) is 6.79. The summed E-state index contributed by atoms with van der Waals surface area (Å²) in [5, 5.41) is 3.90. The smallest absolute Gasteiger partial charge is 0.338 e. The summed E-state index contributed by atoms with van der Waals surface area (Å²) >= 11 is 4.41. The minimum Gasteiger partial charge on any atom is -0.466 e. The largest absolute Gasteiger partial charge is 0.466 e. The lowest BCUT2D eigenvalue weighted by atomic mass is 10.0. The molecule has 1 aliphatic rings. The molecule has 0 saturated heterocycles. The van der Waals surface area contributed by atoms with Crippen LogP contribution in [0.1, 0.15) is 22.7 Å². The number of carbonyl (C=O) groups excluding carboxylic acids is 1. The maximum atomic E-state index is 13.1. The summed E-state index contributed by atoms with van der Waals surface area (Å²) in [6, 6.07) is 7.23. The van der Waals surface area contributed by atoms with Crippen molar-refractivity contribution < 1.29 is 9.53 Å². The van der Waals surface area contributed by atoms with Crippen LogP contribution in [0.3, 0.4) is 0 Å². The molecule has 4 rings (SSSR count). The van der Waals surface area contributed by atoms with E-state index in [0.29, 0.717) is 20.6 Å². The lowest BCUT2D eigenvalue weighted by Gasteiger charge is -2.22. The van der Waals surface area contributed by atoms with Crippen LogP contribution in [0.2, 0.25) is 0 Å². The molecule has 5 nitrogen and oxygen atoms in total. The van der Waals surface area contributed by atoms with Gasteiger partial charge in [0.05, 0.1) is 22.9 Å². The van der Waals surface area contributed by atoms with E-state index >= 15 is 0 Å². The van der Waals surface area contributed by atoms with Crippen molar-refractivity contribution in [1.29, 1.82) is 0 Å². The van der Waals surface area contributed by atoms with Gasteiger partial charge in [0.15, 0.2) is 4.80 Å². The monoisotopic (exact) mass is 402 g/mol. The maximum Gasteiger partial charge on any atom is 0.338 e. The molecule has 0 fully saturated rings. The van der Waals surface area contributed by atoms with Gasteiger partial charge in [0.2, 0.25) is 0 Å². The molecular formula is C18H14N2O3S3. The van der Waals surface area contributed by atoms with Crippen LogP contribution in [0, 0.1) is 0 Å². The van der Waals surface area contributed by atoms with Crippen LogP contribution in [-0.2, 0) is 9.53 Å². The molecule has 0 amide bonds. The Hall–Kier alpha value is -2.29. The number of rotatable bonds is 3. The van der Waals surface area contributed by atoms with Crippen molar-refractivity contribution in [2.45, 2.75) is 13.0 Å². The predicted molar refractivity (Wildman–Crippen MR) is 104 cm³/mol. The van der Waals surface area contributed by atoms with E-state index in [2.05, 4.69) is 4.99 Å². The summed E-state index contributed by atoms with van der Waals surface area (Å²) in [5.41, 5.74) is 0.846. The van der Waals surface area contributed by atoms with Gasteiger partial charge in [-0.25, -0.2) is 9.79 Å². The molecule has 0 N–H and O–H groups in total. The van der Waals surface area contributed by atoms with Crippen molar-refractivity contribution in [1.82, 2.24) is 4.57 Å². The first kappa shape index (κ1) is 17.1. The topological polar surface area (TPSA) is 60.7 Å². The van der Waals surface area contributed by atoms with Crippen LogP contribution in [0.15, 0.2) is 56.1 Å². The number of fused-ring (bicyclic) bond motifs is 1. The second-order valence-electron chi connectivity index (χ2n) is 5.60. The minimum absolute atomic E-state index is 0.144. The van der Waals surface area contributed by atoms with Gasteiger partial charge in [-0.3, -0.25) is 9.36 Å². The van der Waals surface area contributed by atoms with Gasteiger partial charge in [-0.2, -0.15) is 0 Å². The molecule has 0 aromatic carbocycles. The summed E-state index contributed by atoms with van der Waals surface area (Å²) in [7, 11) is 1.34. The Labute approximate surface area is 160 Å². The molecule has 8 heteroatoms. The first-order valence-corrected chi connectivity index (χ1v) is 10.4. The van der Waals surface area contributed by atoms with E-state index in [0.717, 1.165) is 9.75 Å². The van der Waals surface area contributed by atoms with Crippen molar-refractivity contribution in [2.24, 2.45) is 4.99 Å². The molecule has 26 heavy (non-hydrogen) atoms. The molecule has 0 aliphatic carbocycles. The Balaban J connectivity index is 2.00. The highest BCUT2D eigenvalue weighted by Gasteiger charge is 2.33. The number of carbonyl (C=O) groups is 1. The number of thiophene rings is 2. The third-order valence-corrected chi connectivity index (χ3v) is 6.78. The standard InChI is InChI=1S/C18H14N2O3S3/c1-10-14(17(22)23-2)15(12-6-4-8-25-12)20-16(21)13(26-18(20)19-10)9-11-5-3-7-24-11/h3-9,15H,1-2H3/b13-9+/t15-/m1/s1. The van der Waals surface area contributed by atoms with E-state index in [1.807, 2.05) is 41.1 Å². The molecule has 0 spiro atoms. The summed E-state index contributed by atoms with van der Waals surface area (Å²) < 4.78 is 7.17. The van der Waals surface area contributed by atoms with E-state index in [1.54, 1.807) is 22.8 Å². The number of nitrogens with zero attached hydrogens (tertiary/aromatic N) is 2. The Kier molecular flexibility index (Phi) is 4.47. The molecule has 0 bridgehead atoms. The van der Waals surface area contributed by atoms with Crippen LogP contribution in [-0.4, -0.2) is 17.6 Å². The van der Waals surface area contributed by atoms with Gasteiger partial charge < -0.3 is 4.74 Å². The maximum absolute atomic E-state index is 13.1. The zero-order chi connectivity index (χ0) is 18.3. The SMILES string of the molecule is COC(=O)C1=C(C)N=c2s/c(=C/c3cccs3)c(=O)n2[C@@H]1c1cccs1. The average Bonchev–Trinajstić information content (AvgIpc) is 3.37. The van der Waals surface area contributed by atoms with Crippen LogP contribution in [0.25, 0.3) is 6.08 Å². The molecule has 132 valence electrons. The van der Waals surface area contributed by atoms with Crippen molar-refractivity contribution in [2.75, 3.05) is 7.11 Å². The minimum atomic E-state index is -0.510. The fourth-order valence-electron chi connectivity index (χ4n) is 2.91. The summed E-state index contributed by atoms with van der Waals surface area (Å²) in [5.74, 6) is -0.461. The third kappa shape index (κ3) is 2.80. The molecular weight excluding hydrogens is 388 g/mol. The number of allylic oxidation sites excluding steroid dienone is 1. The zero-order valence-electron chi connectivity index (χ0n) is 14.0. The quantitative estimate of drug-likeness (QED) is 0.633. The fourth-order valence-corrected chi connectivity index (χ4v) is 5.50. The van der Waals surface area contributed by atoms with Crippen LogP contribution in [0.4, 0.5) is 0 Å². The molecule has 1 aliphatic heterocycles. The molecule has 4 heterocycles. The normalized spacial score (nSPS) is 17.2. The highest BCUT2D eigenvalue weighted by molar-refractivity contribution is 7.11. The molecule has 1 atom stereocenters. The molecule has 3 aromatic rings. The molecule has 0 radical (unpaired) electrons. The highest BCUT2D eigenvalue weighted by Crippen LogP contribution is 2.32. The zero-order valence-corrected chi connectivity index (χ0v) is 16.4. The van der Waals surface area contributed by atoms with E-state index in [1.165, 1.54) is 29.8 Å². The van der Waals surface area contributed by atoms with Gasteiger partial charge in [0.25, 0.3) is 5.56 Å². The highest BCUT2D eigenvalue weighted by atomic mass is 32.1. The van der Waals surface area contributed by atoms with E-state index in [-0.39, 0.29) is 5.56 Å². The van der Waals surface area contributed by atoms with Crippen molar-refractivity contribution in [3.8, 4) is 0 Å². The Bertz CT molecular complexity index is 1170. The van der Waals surface area contributed by atoms with Gasteiger partial charge in [-0.1, -0.05) is 23.5 Å². The summed E-state index contributed by atoms with van der Waals surface area (Å²) in [4.78, 5) is 32.6. The number of aromatic nitrogens is 1. The third-order valence-electron chi connectivity index (χ3n) is 4.06. The first-order valence-electron chi connectivity index (χ1n) is 7.78. The number of thiazole rings is 1. The van der Waals surface area contributed by atoms with Gasteiger partial charge in [-0.15, -0.1) is 22.7 Å². The molecule has 0 saturated carbocycles. The average molecular weight is 403 g/mol. The van der Waals surface area contributed by atoms with E-state index in [9.17, 15) is 9.59 Å². The van der Waals surface area contributed by atoms with E-state index < -0.39 is 12.0 Å². The Morgan fingerprint density at radius 3 is 2.69 bits per heavy atom. The first-order chi connectivity index (χ1) is 12.6. The number of methoxy groups -OCH3 is 1.